The average molecular weight is 231 g/mol. The largest absolute Gasteiger partial charge is 0.399 e. The molecule has 0 saturated heterocycles. The molecule has 0 saturated carbocycles. The Labute approximate surface area is 89.0 Å². The lowest BCUT2D eigenvalue weighted by Crippen LogP contribution is -2.18. The molecule has 1 atom stereocenters. The molecule has 5 heteroatoms. The first-order valence-electron chi connectivity index (χ1n) is 4.68. The number of hydrogen-bond donors (Lipinski definition) is 1. The van der Waals surface area contributed by atoms with Crippen molar-refractivity contribution in [2.24, 2.45) is 0 Å². The van der Waals surface area contributed by atoms with Crippen LogP contribution in [0.2, 0.25) is 0 Å². The fourth-order valence-corrected chi connectivity index (χ4v) is 2.64. The minimum absolute atomic E-state index is 0.218. The second-order valence-electron chi connectivity index (χ2n) is 3.45. The average Bonchev–Trinajstić information content (AvgIpc) is 2.15. The Morgan fingerprint density at radius 2 is 2.07 bits per heavy atom. The van der Waals surface area contributed by atoms with E-state index in [1.54, 1.807) is 13.8 Å². The van der Waals surface area contributed by atoms with E-state index < -0.39 is 20.9 Å². The van der Waals surface area contributed by atoms with Gasteiger partial charge in [0.2, 0.25) is 0 Å². The fourth-order valence-electron chi connectivity index (χ4n) is 1.18. The number of anilines is 1. The topological polar surface area (TPSA) is 60.2 Å². The molecule has 1 aromatic rings. The van der Waals surface area contributed by atoms with Crippen LogP contribution in [-0.2, 0) is 9.84 Å². The molecule has 0 fully saturated rings. The molecule has 0 bridgehead atoms. The summed E-state index contributed by atoms with van der Waals surface area (Å²) in [6, 6.07) is 3.62. The molecule has 0 heterocycles. The molecular weight excluding hydrogens is 217 g/mol. The third-order valence-corrected chi connectivity index (χ3v) is 4.70. The van der Waals surface area contributed by atoms with Gasteiger partial charge in [-0.3, -0.25) is 0 Å². The molecule has 0 radical (unpaired) electrons. The quantitative estimate of drug-likeness (QED) is 0.809. The maximum absolute atomic E-state index is 13.4. The van der Waals surface area contributed by atoms with E-state index in [1.165, 1.54) is 12.1 Å². The first kappa shape index (κ1) is 12.0. The molecule has 15 heavy (non-hydrogen) atoms. The van der Waals surface area contributed by atoms with E-state index in [2.05, 4.69) is 0 Å². The first-order chi connectivity index (χ1) is 6.89. The van der Waals surface area contributed by atoms with Gasteiger partial charge in [-0.1, -0.05) is 6.92 Å². The third kappa shape index (κ3) is 2.28. The van der Waals surface area contributed by atoms with E-state index >= 15 is 0 Å². The Bertz CT molecular complexity index is 456. The molecule has 84 valence electrons. The number of rotatable bonds is 3. The molecule has 2 N–H and O–H groups in total. The number of sulfone groups is 1. The highest BCUT2D eigenvalue weighted by Gasteiger charge is 2.24. The van der Waals surface area contributed by atoms with E-state index in [4.69, 9.17) is 5.73 Å². The zero-order chi connectivity index (χ0) is 11.6. The normalized spacial score (nSPS) is 13.8. The number of benzene rings is 1. The van der Waals surface area contributed by atoms with Crippen molar-refractivity contribution in [2.75, 3.05) is 5.73 Å². The van der Waals surface area contributed by atoms with Crippen LogP contribution in [0.5, 0.6) is 0 Å². The Balaban J connectivity index is 3.28. The number of nitrogen functional groups attached to an aromatic ring is 1. The third-order valence-electron chi connectivity index (χ3n) is 2.37. The minimum Gasteiger partial charge on any atom is -0.399 e. The Hall–Kier alpha value is -1.10. The highest BCUT2D eigenvalue weighted by Crippen LogP contribution is 2.22. The summed E-state index contributed by atoms with van der Waals surface area (Å²) < 4.78 is 37.0. The summed E-state index contributed by atoms with van der Waals surface area (Å²) in [6.45, 7) is 3.31. The lowest BCUT2D eigenvalue weighted by molar-refractivity contribution is 0.557. The van der Waals surface area contributed by atoms with Gasteiger partial charge >= 0.3 is 0 Å². The van der Waals surface area contributed by atoms with Crippen molar-refractivity contribution >= 4 is 15.5 Å². The highest BCUT2D eigenvalue weighted by molar-refractivity contribution is 7.92. The lowest BCUT2D eigenvalue weighted by Gasteiger charge is -2.11. The van der Waals surface area contributed by atoms with Gasteiger partial charge in [0.1, 0.15) is 10.7 Å². The molecule has 0 aliphatic heterocycles. The van der Waals surface area contributed by atoms with E-state index in [-0.39, 0.29) is 10.6 Å². The van der Waals surface area contributed by atoms with Crippen LogP contribution < -0.4 is 5.73 Å². The minimum atomic E-state index is -3.57. The second kappa shape index (κ2) is 4.18. The predicted octanol–water partition coefficient (Wildman–Crippen LogP) is 1.98. The van der Waals surface area contributed by atoms with Crippen molar-refractivity contribution in [1.29, 1.82) is 0 Å². The predicted molar refractivity (Wildman–Crippen MR) is 57.8 cm³/mol. The van der Waals surface area contributed by atoms with E-state index in [9.17, 15) is 12.8 Å². The molecule has 0 aromatic heterocycles. The Morgan fingerprint density at radius 1 is 1.47 bits per heavy atom. The smallest absolute Gasteiger partial charge is 0.183 e. The number of hydrogen-bond acceptors (Lipinski definition) is 3. The standard InChI is InChI=1S/C10H14FNO2S/c1-3-7(2)15(13,14)10-5-4-8(12)6-9(10)11/h4-7H,3,12H2,1-2H3. The van der Waals surface area contributed by atoms with Crippen molar-refractivity contribution in [2.45, 2.75) is 30.4 Å². The van der Waals surface area contributed by atoms with Crippen molar-refractivity contribution in [3.63, 3.8) is 0 Å². The van der Waals surface area contributed by atoms with Gasteiger partial charge in [0, 0.05) is 5.69 Å². The van der Waals surface area contributed by atoms with Crippen molar-refractivity contribution in [3.8, 4) is 0 Å². The molecule has 0 aliphatic carbocycles. The molecule has 0 spiro atoms. The van der Waals surface area contributed by atoms with Gasteiger partial charge in [0.25, 0.3) is 0 Å². The number of nitrogens with two attached hydrogens (primary N) is 1. The number of halogens is 1. The maximum atomic E-state index is 13.4. The van der Waals surface area contributed by atoms with Gasteiger partial charge in [-0.2, -0.15) is 0 Å². The monoisotopic (exact) mass is 231 g/mol. The summed E-state index contributed by atoms with van der Waals surface area (Å²) in [5, 5.41) is -0.587. The van der Waals surface area contributed by atoms with Crippen molar-refractivity contribution in [3.05, 3.63) is 24.0 Å². The van der Waals surface area contributed by atoms with Gasteiger partial charge < -0.3 is 5.73 Å². The van der Waals surface area contributed by atoms with Crippen LogP contribution in [0.15, 0.2) is 23.1 Å². The zero-order valence-corrected chi connectivity index (χ0v) is 9.51. The summed E-state index contributed by atoms with van der Waals surface area (Å²) in [6.07, 6.45) is 0.451. The molecule has 1 aromatic carbocycles. The van der Waals surface area contributed by atoms with Crippen LogP contribution in [0, 0.1) is 5.82 Å². The van der Waals surface area contributed by atoms with Crippen molar-refractivity contribution in [1.82, 2.24) is 0 Å². The first-order valence-corrected chi connectivity index (χ1v) is 6.23. The zero-order valence-electron chi connectivity index (χ0n) is 8.70. The van der Waals surface area contributed by atoms with E-state index in [1.807, 2.05) is 0 Å². The summed E-state index contributed by atoms with van der Waals surface area (Å²) in [7, 11) is -3.57. The lowest BCUT2D eigenvalue weighted by atomic mass is 10.3. The van der Waals surface area contributed by atoms with Gasteiger partial charge in [0.15, 0.2) is 9.84 Å². The maximum Gasteiger partial charge on any atom is 0.183 e. The molecule has 0 aliphatic rings. The summed E-state index contributed by atoms with van der Waals surface area (Å²) in [5.74, 6) is -0.782. The molecular formula is C10H14FNO2S. The molecule has 0 amide bonds. The van der Waals surface area contributed by atoms with Gasteiger partial charge in [-0.05, 0) is 31.5 Å². The SMILES string of the molecule is CCC(C)S(=O)(=O)c1ccc(N)cc1F. The van der Waals surface area contributed by atoms with Crippen LogP contribution in [0.1, 0.15) is 20.3 Å². The summed E-state index contributed by atoms with van der Waals surface area (Å²) in [4.78, 5) is -0.272. The molecule has 1 rings (SSSR count). The fraction of sp³-hybridized carbons (Fsp3) is 0.400. The van der Waals surface area contributed by atoms with E-state index in [0.717, 1.165) is 6.07 Å². The molecule has 1 unspecified atom stereocenters. The molecule has 3 nitrogen and oxygen atoms in total. The second-order valence-corrected chi connectivity index (χ2v) is 5.79. The van der Waals surface area contributed by atoms with Gasteiger partial charge in [-0.15, -0.1) is 0 Å². The van der Waals surface area contributed by atoms with Crippen LogP contribution in [-0.4, -0.2) is 13.7 Å². The van der Waals surface area contributed by atoms with Crippen molar-refractivity contribution < 1.29 is 12.8 Å². The van der Waals surface area contributed by atoms with Gasteiger partial charge in [-0.25, -0.2) is 12.8 Å². The van der Waals surface area contributed by atoms with Crippen LogP contribution in [0.3, 0.4) is 0 Å². The highest BCUT2D eigenvalue weighted by atomic mass is 32.2. The van der Waals surface area contributed by atoms with Gasteiger partial charge in [0.05, 0.1) is 5.25 Å². The Kier molecular flexibility index (Phi) is 3.34. The van der Waals surface area contributed by atoms with Crippen LogP contribution in [0.25, 0.3) is 0 Å². The Morgan fingerprint density at radius 3 is 2.53 bits per heavy atom. The van der Waals surface area contributed by atoms with Crippen LogP contribution in [0.4, 0.5) is 10.1 Å². The van der Waals surface area contributed by atoms with E-state index in [0.29, 0.717) is 6.42 Å². The summed E-state index contributed by atoms with van der Waals surface area (Å²) in [5.41, 5.74) is 5.56. The van der Waals surface area contributed by atoms with Crippen LogP contribution >= 0.6 is 0 Å². The summed E-state index contributed by atoms with van der Waals surface area (Å²) >= 11 is 0.